The maximum atomic E-state index is 15.1. The Bertz CT molecular complexity index is 1440. The summed E-state index contributed by atoms with van der Waals surface area (Å²) in [7, 11) is 0. The Morgan fingerprint density at radius 2 is 1.82 bits per heavy atom. The molecule has 3 amide bonds. The molecule has 0 aliphatic carbocycles. The molecule has 0 unspecified atom stereocenters. The first-order valence-corrected chi connectivity index (χ1v) is 13.3. The van der Waals surface area contributed by atoms with Gasteiger partial charge in [-0.05, 0) is 61.0 Å². The fourth-order valence-electron chi connectivity index (χ4n) is 5.62. The number of urea groups is 1. The molecule has 2 aliphatic heterocycles. The van der Waals surface area contributed by atoms with Gasteiger partial charge in [0.1, 0.15) is 17.1 Å². The average Bonchev–Trinajstić information content (AvgIpc) is 3.43. The predicted molar refractivity (Wildman–Crippen MR) is 148 cm³/mol. The molecule has 0 radical (unpaired) electrons. The van der Waals surface area contributed by atoms with E-state index in [0.717, 1.165) is 16.9 Å². The van der Waals surface area contributed by atoms with Crippen LogP contribution in [0.2, 0.25) is 0 Å². The van der Waals surface area contributed by atoms with Gasteiger partial charge in [0.05, 0.1) is 23.5 Å². The molecule has 3 aromatic rings. The van der Waals surface area contributed by atoms with E-state index in [9.17, 15) is 9.59 Å². The molecule has 1 N–H and O–H groups in total. The van der Waals surface area contributed by atoms with Crippen molar-refractivity contribution in [2.24, 2.45) is 0 Å². The van der Waals surface area contributed by atoms with E-state index in [1.54, 1.807) is 39.7 Å². The van der Waals surface area contributed by atoms with E-state index in [0.29, 0.717) is 43.1 Å². The van der Waals surface area contributed by atoms with Crippen molar-refractivity contribution in [1.29, 1.82) is 0 Å². The Morgan fingerprint density at radius 1 is 1.13 bits per heavy atom. The van der Waals surface area contributed by atoms with E-state index in [1.165, 1.54) is 0 Å². The van der Waals surface area contributed by atoms with Crippen LogP contribution in [0.1, 0.15) is 51.4 Å². The van der Waals surface area contributed by atoms with Crippen molar-refractivity contribution in [1.82, 2.24) is 19.3 Å². The number of hydrogen-bond donors (Lipinski definition) is 1. The van der Waals surface area contributed by atoms with E-state index in [1.807, 2.05) is 47.6 Å². The summed E-state index contributed by atoms with van der Waals surface area (Å²) in [5.41, 5.74) is 3.15. The minimum atomic E-state index is -0.561. The number of ether oxygens (including phenoxy) is 1. The van der Waals surface area contributed by atoms with Crippen molar-refractivity contribution in [3.63, 3.8) is 0 Å². The fraction of sp³-hybridized carbons (Fsp3) is 0.500. The van der Waals surface area contributed by atoms with Gasteiger partial charge >= 0.3 is 12.1 Å². The monoisotopic (exact) mass is 537 g/mol. The number of aromatic nitrogens is 3. The minimum Gasteiger partial charge on any atom is -0.444 e. The molecule has 5 heterocycles. The number of hydrogen-bond acceptors (Lipinski definition) is 6. The second kappa shape index (κ2) is 9.69. The van der Waals surface area contributed by atoms with Crippen LogP contribution in [0.3, 0.4) is 0 Å². The summed E-state index contributed by atoms with van der Waals surface area (Å²) in [5.74, 6) is 0.0602. The largest absolute Gasteiger partial charge is 0.444 e. The van der Waals surface area contributed by atoms with Gasteiger partial charge in [-0.3, -0.25) is 9.80 Å². The van der Waals surface area contributed by atoms with Crippen molar-refractivity contribution in [2.45, 2.75) is 72.6 Å². The normalized spacial score (nSPS) is 19.4. The number of piperazine rings is 1. The number of pyridine rings is 2. The first-order valence-electron chi connectivity index (χ1n) is 13.3. The van der Waals surface area contributed by atoms with E-state index in [4.69, 9.17) is 4.74 Å². The van der Waals surface area contributed by atoms with Gasteiger partial charge in [-0.15, -0.1) is 0 Å². The first kappa shape index (κ1) is 26.7. The Balaban J connectivity index is 1.35. The van der Waals surface area contributed by atoms with Crippen LogP contribution in [-0.4, -0.2) is 68.7 Å². The summed E-state index contributed by atoms with van der Waals surface area (Å²) >= 11 is 0. The molecule has 5 rings (SSSR count). The van der Waals surface area contributed by atoms with Gasteiger partial charge in [-0.2, -0.15) is 0 Å². The van der Waals surface area contributed by atoms with Gasteiger partial charge in [-0.1, -0.05) is 0 Å². The van der Waals surface area contributed by atoms with Gasteiger partial charge in [0.15, 0.2) is 5.82 Å². The molecule has 2 atom stereocenters. The van der Waals surface area contributed by atoms with E-state index >= 15 is 4.39 Å². The van der Waals surface area contributed by atoms with Gasteiger partial charge in [0, 0.05) is 55.0 Å². The highest BCUT2D eigenvalue weighted by Crippen LogP contribution is 2.36. The summed E-state index contributed by atoms with van der Waals surface area (Å²) < 4.78 is 22.5. The van der Waals surface area contributed by atoms with Crippen LogP contribution < -0.4 is 15.1 Å². The highest BCUT2D eigenvalue weighted by atomic mass is 19.1. The molecular formula is C28H36FN7O3. The SMILES string of the molecule is Cc1cn2cc(NC(=O)N3CCc4c(N5C[C@@H](C)N(C(=O)OC(C)(C)C)[C@@H](C)C5)ccnc43)c(F)c(C)c2n1. The molecule has 0 aromatic carbocycles. The fourth-order valence-corrected chi connectivity index (χ4v) is 5.62. The topological polar surface area (TPSA) is 95.3 Å². The van der Waals surface area contributed by atoms with Crippen LogP contribution in [0, 0.1) is 19.7 Å². The maximum Gasteiger partial charge on any atom is 0.410 e. The number of carbonyl (C=O) groups is 2. The first-order chi connectivity index (χ1) is 18.3. The number of aryl methyl sites for hydroxylation is 2. The molecule has 0 bridgehead atoms. The zero-order chi connectivity index (χ0) is 28.2. The molecule has 11 heteroatoms. The molecule has 1 fully saturated rings. The smallest absolute Gasteiger partial charge is 0.410 e. The molecule has 0 spiro atoms. The average molecular weight is 538 g/mol. The number of fused-ring (bicyclic) bond motifs is 2. The zero-order valence-corrected chi connectivity index (χ0v) is 23.6. The number of carbonyl (C=O) groups excluding carboxylic acids is 2. The Morgan fingerprint density at radius 3 is 2.49 bits per heavy atom. The van der Waals surface area contributed by atoms with Crippen LogP contribution in [0.5, 0.6) is 0 Å². The molecule has 0 saturated carbocycles. The van der Waals surface area contributed by atoms with Crippen molar-refractivity contribution >= 4 is 35.0 Å². The summed E-state index contributed by atoms with van der Waals surface area (Å²) in [6, 6.07) is 1.38. The second-order valence-corrected chi connectivity index (χ2v) is 11.5. The third kappa shape index (κ3) is 4.97. The molecule has 208 valence electrons. The lowest BCUT2D eigenvalue weighted by Gasteiger charge is -2.45. The molecule has 2 aliphatic rings. The van der Waals surface area contributed by atoms with Crippen molar-refractivity contribution in [3.05, 3.63) is 47.3 Å². The van der Waals surface area contributed by atoms with Crippen molar-refractivity contribution < 1.29 is 18.7 Å². The number of rotatable bonds is 2. The number of amides is 3. The number of nitrogens with one attached hydrogen (secondary N) is 1. The standard InChI is InChI=1S/C28H36FN7O3/c1-16-12-34-15-21(23(29)19(4)24(34)31-16)32-26(37)35-11-9-20-22(8-10-30-25(20)35)33-13-17(2)36(18(3)14-33)27(38)39-28(5,6)7/h8,10,12,15,17-18H,9,11,13-14H2,1-7H3,(H,32,37)/t17-,18+. The van der Waals surface area contributed by atoms with Gasteiger partial charge < -0.3 is 19.4 Å². The minimum absolute atomic E-state index is 0.0684. The summed E-state index contributed by atoms with van der Waals surface area (Å²) in [4.78, 5) is 40.6. The summed E-state index contributed by atoms with van der Waals surface area (Å²) in [5, 5.41) is 2.74. The Hall–Kier alpha value is -3.89. The van der Waals surface area contributed by atoms with Gasteiger partial charge in [0.25, 0.3) is 0 Å². The third-order valence-corrected chi connectivity index (χ3v) is 7.22. The highest BCUT2D eigenvalue weighted by Gasteiger charge is 2.38. The van der Waals surface area contributed by atoms with Gasteiger partial charge in [-0.25, -0.2) is 23.9 Å². The number of nitrogens with zero attached hydrogens (tertiary/aromatic N) is 6. The van der Waals surface area contributed by atoms with Crippen LogP contribution in [0.15, 0.2) is 24.7 Å². The highest BCUT2D eigenvalue weighted by molar-refractivity contribution is 6.03. The number of imidazole rings is 1. The van der Waals surface area contributed by atoms with Crippen molar-refractivity contribution in [3.8, 4) is 0 Å². The molecule has 10 nitrogen and oxygen atoms in total. The quantitative estimate of drug-likeness (QED) is 0.499. The molecule has 1 saturated heterocycles. The second-order valence-electron chi connectivity index (χ2n) is 11.5. The van der Waals surface area contributed by atoms with Crippen LogP contribution >= 0.6 is 0 Å². The maximum absolute atomic E-state index is 15.1. The summed E-state index contributed by atoms with van der Waals surface area (Å²) in [6.07, 6.45) is 5.35. The molecular weight excluding hydrogens is 501 g/mol. The molecule has 39 heavy (non-hydrogen) atoms. The number of halogens is 1. The van der Waals surface area contributed by atoms with E-state index in [-0.39, 0.29) is 23.9 Å². The van der Waals surface area contributed by atoms with Crippen LogP contribution in [-0.2, 0) is 11.2 Å². The zero-order valence-electron chi connectivity index (χ0n) is 23.6. The molecule has 3 aromatic heterocycles. The lowest BCUT2D eigenvalue weighted by molar-refractivity contribution is 0.00565. The van der Waals surface area contributed by atoms with Crippen molar-refractivity contribution in [2.75, 3.05) is 34.8 Å². The number of anilines is 3. The lowest BCUT2D eigenvalue weighted by Crippen LogP contribution is -2.59. The van der Waals surface area contributed by atoms with Crippen LogP contribution in [0.25, 0.3) is 5.65 Å². The lowest BCUT2D eigenvalue weighted by atomic mass is 10.1. The van der Waals surface area contributed by atoms with E-state index < -0.39 is 17.4 Å². The Labute approximate surface area is 227 Å². The van der Waals surface area contributed by atoms with E-state index in [2.05, 4.69) is 20.2 Å². The summed E-state index contributed by atoms with van der Waals surface area (Å²) in [6.45, 7) is 14.8. The Kier molecular flexibility index (Phi) is 6.64. The van der Waals surface area contributed by atoms with Gasteiger partial charge in [0.2, 0.25) is 0 Å². The predicted octanol–water partition coefficient (Wildman–Crippen LogP) is 4.91. The van der Waals surface area contributed by atoms with Crippen LogP contribution in [0.4, 0.5) is 31.2 Å². The third-order valence-electron chi connectivity index (χ3n) is 7.22.